The highest BCUT2D eigenvalue weighted by Gasteiger charge is 2.49. The highest BCUT2D eigenvalue weighted by atomic mass is 19.1. The first-order valence-electron chi connectivity index (χ1n) is 7.00. The highest BCUT2D eigenvalue weighted by Crippen LogP contribution is 2.35. The predicted molar refractivity (Wildman–Crippen MR) is 77.5 cm³/mol. The quantitative estimate of drug-likeness (QED) is 0.865. The minimum Gasteiger partial charge on any atom is -0.465 e. The smallest absolute Gasteiger partial charge is 0.409 e. The zero-order valence-electron chi connectivity index (χ0n) is 12.6. The molecule has 1 amide bonds. The van der Waals surface area contributed by atoms with Crippen molar-refractivity contribution in [3.8, 4) is 0 Å². The van der Waals surface area contributed by atoms with Crippen molar-refractivity contribution in [1.82, 2.24) is 4.90 Å². The van der Waals surface area contributed by atoms with Crippen LogP contribution in [0.4, 0.5) is 13.6 Å². The van der Waals surface area contributed by atoms with Crippen LogP contribution >= 0.6 is 0 Å². The Labute approximate surface area is 128 Å². The molecule has 0 spiro atoms. The zero-order valence-corrected chi connectivity index (χ0v) is 12.6. The Morgan fingerprint density at radius 3 is 2.50 bits per heavy atom. The molecule has 6 heteroatoms. The number of hydrogen-bond donors (Lipinski definition) is 1. The summed E-state index contributed by atoms with van der Waals surface area (Å²) in [4.78, 5) is 12.8. The summed E-state index contributed by atoms with van der Waals surface area (Å²) < 4.78 is 32.5. The molecule has 1 aliphatic heterocycles. The fraction of sp³-hybridized carbons (Fsp3) is 0.438. The number of amides is 1. The van der Waals surface area contributed by atoms with Crippen molar-refractivity contribution in [3.05, 3.63) is 48.1 Å². The van der Waals surface area contributed by atoms with E-state index in [1.54, 1.807) is 19.9 Å². The molecule has 0 saturated carbocycles. The van der Waals surface area contributed by atoms with Gasteiger partial charge in [-0.1, -0.05) is 6.08 Å². The lowest BCUT2D eigenvalue weighted by Crippen LogP contribution is -2.48. The van der Waals surface area contributed by atoms with E-state index in [0.717, 1.165) is 6.07 Å². The summed E-state index contributed by atoms with van der Waals surface area (Å²) in [5.74, 6) is -1.37. The highest BCUT2D eigenvalue weighted by molar-refractivity contribution is 5.67. The molecule has 2 atom stereocenters. The molecule has 1 aromatic rings. The number of carbonyl (C=O) groups is 1. The van der Waals surface area contributed by atoms with E-state index in [1.165, 1.54) is 17.0 Å². The van der Waals surface area contributed by atoms with Crippen molar-refractivity contribution < 1.29 is 23.4 Å². The van der Waals surface area contributed by atoms with Crippen LogP contribution in [0.5, 0.6) is 0 Å². The first-order chi connectivity index (χ1) is 10.2. The second-order valence-electron chi connectivity index (χ2n) is 5.83. The molecule has 2 rings (SSSR count). The standard InChI is InChI=1S/C16H19F2NO3/c1-4-5-14-13(19(15(20)21)16(2,3)22-14)8-10-6-11(17)9-12(18)7-10/h4,6-7,9,13-14H,1,5,8H2,2-3H3,(H,20,21)/t13-,14-/m0/s1. The second kappa shape index (κ2) is 6.04. The van der Waals surface area contributed by atoms with Crippen molar-refractivity contribution in [3.63, 3.8) is 0 Å². The molecule has 0 aromatic heterocycles. The lowest BCUT2D eigenvalue weighted by molar-refractivity contribution is -0.0653. The van der Waals surface area contributed by atoms with Crippen molar-refractivity contribution in [2.24, 2.45) is 0 Å². The van der Waals surface area contributed by atoms with Gasteiger partial charge < -0.3 is 9.84 Å². The molecule has 0 bridgehead atoms. The first kappa shape index (κ1) is 16.4. The van der Waals surface area contributed by atoms with Crippen molar-refractivity contribution >= 4 is 6.09 Å². The van der Waals surface area contributed by atoms with Gasteiger partial charge in [-0.15, -0.1) is 6.58 Å². The van der Waals surface area contributed by atoms with Crippen LogP contribution in [0.15, 0.2) is 30.9 Å². The predicted octanol–water partition coefficient (Wildman–Crippen LogP) is 3.57. The van der Waals surface area contributed by atoms with Gasteiger partial charge in [0.25, 0.3) is 0 Å². The van der Waals surface area contributed by atoms with E-state index in [9.17, 15) is 18.7 Å². The number of ether oxygens (including phenoxy) is 1. The van der Waals surface area contributed by atoms with Gasteiger partial charge in [-0.3, -0.25) is 4.90 Å². The maximum atomic E-state index is 13.3. The van der Waals surface area contributed by atoms with Gasteiger partial charge >= 0.3 is 6.09 Å². The molecule has 4 nitrogen and oxygen atoms in total. The average Bonchev–Trinajstić information content (AvgIpc) is 2.59. The zero-order chi connectivity index (χ0) is 16.5. The van der Waals surface area contributed by atoms with E-state index in [1.807, 2.05) is 0 Å². The summed E-state index contributed by atoms with van der Waals surface area (Å²) in [6.07, 6.45) is 0.734. The number of nitrogens with zero attached hydrogens (tertiary/aromatic N) is 1. The Morgan fingerprint density at radius 1 is 1.41 bits per heavy atom. The van der Waals surface area contributed by atoms with E-state index in [4.69, 9.17) is 4.74 Å². The topological polar surface area (TPSA) is 49.8 Å². The first-order valence-corrected chi connectivity index (χ1v) is 7.00. The lowest BCUT2D eigenvalue weighted by Gasteiger charge is -2.31. The van der Waals surface area contributed by atoms with Crippen LogP contribution in [0, 0.1) is 11.6 Å². The van der Waals surface area contributed by atoms with Crippen LogP contribution in [0.25, 0.3) is 0 Å². The maximum Gasteiger partial charge on any atom is 0.409 e. The van der Waals surface area contributed by atoms with E-state index < -0.39 is 35.6 Å². The molecule has 0 radical (unpaired) electrons. The molecule has 120 valence electrons. The molecular weight excluding hydrogens is 292 g/mol. The minimum absolute atomic E-state index is 0.170. The third kappa shape index (κ3) is 3.27. The van der Waals surface area contributed by atoms with E-state index in [-0.39, 0.29) is 6.42 Å². The monoisotopic (exact) mass is 311 g/mol. The molecule has 1 aromatic carbocycles. The Morgan fingerprint density at radius 2 is 2.00 bits per heavy atom. The number of halogens is 2. The molecule has 0 unspecified atom stereocenters. The fourth-order valence-corrected chi connectivity index (χ4v) is 3.01. The molecule has 1 saturated heterocycles. The van der Waals surface area contributed by atoms with Crippen molar-refractivity contribution in [1.29, 1.82) is 0 Å². The third-order valence-electron chi connectivity index (χ3n) is 3.75. The minimum atomic E-state index is -1.13. The van der Waals surface area contributed by atoms with Gasteiger partial charge in [0.05, 0.1) is 12.1 Å². The van der Waals surface area contributed by atoms with Gasteiger partial charge in [-0.25, -0.2) is 13.6 Å². The Bertz CT molecular complexity index is 569. The van der Waals surface area contributed by atoms with Gasteiger partial charge in [-0.05, 0) is 44.4 Å². The number of hydrogen-bond acceptors (Lipinski definition) is 2. The molecule has 1 N–H and O–H groups in total. The summed E-state index contributed by atoms with van der Waals surface area (Å²) in [6.45, 7) is 6.96. The molecular formula is C16H19F2NO3. The third-order valence-corrected chi connectivity index (χ3v) is 3.75. The summed E-state index contributed by atoms with van der Waals surface area (Å²) in [5.41, 5.74) is -0.611. The van der Waals surface area contributed by atoms with Gasteiger partial charge in [0.15, 0.2) is 0 Å². The van der Waals surface area contributed by atoms with Crippen LogP contribution < -0.4 is 0 Å². The summed E-state index contributed by atoms with van der Waals surface area (Å²) in [7, 11) is 0. The number of rotatable bonds is 4. The lowest BCUT2D eigenvalue weighted by atomic mass is 9.98. The van der Waals surface area contributed by atoms with Gasteiger partial charge in [0.1, 0.15) is 17.4 Å². The Balaban J connectivity index is 2.34. The van der Waals surface area contributed by atoms with Gasteiger partial charge in [0, 0.05) is 6.07 Å². The maximum absolute atomic E-state index is 13.3. The van der Waals surface area contributed by atoms with Gasteiger partial charge in [-0.2, -0.15) is 0 Å². The SMILES string of the molecule is C=CC[C@@H]1OC(C)(C)N(C(=O)O)[C@H]1Cc1cc(F)cc(F)c1. The average molecular weight is 311 g/mol. The Hall–Kier alpha value is -1.95. The summed E-state index contributed by atoms with van der Waals surface area (Å²) in [6, 6.07) is 2.67. The van der Waals surface area contributed by atoms with Crippen LogP contribution in [0.1, 0.15) is 25.8 Å². The molecule has 22 heavy (non-hydrogen) atoms. The molecule has 1 aliphatic rings. The second-order valence-corrected chi connectivity index (χ2v) is 5.83. The van der Waals surface area contributed by atoms with Gasteiger partial charge in [0.2, 0.25) is 0 Å². The van der Waals surface area contributed by atoms with Crippen LogP contribution in [0.2, 0.25) is 0 Å². The summed E-state index contributed by atoms with van der Waals surface area (Å²) in [5, 5.41) is 9.46. The van der Waals surface area contributed by atoms with Crippen molar-refractivity contribution in [2.75, 3.05) is 0 Å². The molecule has 1 heterocycles. The fourth-order valence-electron chi connectivity index (χ4n) is 3.01. The molecule has 0 aliphatic carbocycles. The summed E-state index contributed by atoms with van der Waals surface area (Å²) >= 11 is 0. The van der Waals surface area contributed by atoms with E-state index in [0.29, 0.717) is 12.0 Å². The largest absolute Gasteiger partial charge is 0.465 e. The van der Waals surface area contributed by atoms with E-state index in [2.05, 4.69) is 6.58 Å². The number of carboxylic acid groups (broad SMARTS) is 1. The van der Waals surface area contributed by atoms with E-state index >= 15 is 0 Å². The van der Waals surface area contributed by atoms with Crippen LogP contribution in [-0.4, -0.2) is 34.0 Å². The number of benzene rings is 1. The van der Waals surface area contributed by atoms with Crippen molar-refractivity contribution in [2.45, 2.75) is 44.6 Å². The van der Waals surface area contributed by atoms with Crippen LogP contribution in [-0.2, 0) is 11.2 Å². The molecule has 1 fully saturated rings. The van der Waals surface area contributed by atoms with Crippen LogP contribution in [0.3, 0.4) is 0 Å². The Kier molecular flexibility index (Phi) is 4.51. The normalized spacial score (nSPS) is 23.5.